The van der Waals surface area contributed by atoms with Gasteiger partial charge in [0, 0.05) is 28.6 Å². The fraction of sp³-hybridized carbons (Fsp3) is 0.167. The van der Waals surface area contributed by atoms with Crippen molar-refractivity contribution in [2.24, 2.45) is 0 Å². The van der Waals surface area contributed by atoms with Gasteiger partial charge in [0.05, 0.1) is 11.6 Å². The Kier molecular flexibility index (Phi) is 4.38. The smallest absolute Gasteiger partial charge is 0.232 e. The number of carbonyl (C=O) groups is 1. The van der Waals surface area contributed by atoms with Gasteiger partial charge in [-0.1, -0.05) is 40.5 Å². The summed E-state index contributed by atoms with van der Waals surface area (Å²) in [6, 6.07) is 11.3. The van der Waals surface area contributed by atoms with Crippen LogP contribution in [0.2, 0.25) is 10.0 Å². The van der Waals surface area contributed by atoms with Gasteiger partial charge in [-0.05, 0) is 30.3 Å². The number of nitrogens with zero attached hydrogens (tertiary/aromatic N) is 3. The highest BCUT2D eigenvalue weighted by Gasteiger charge is 2.36. The lowest BCUT2D eigenvalue weighted by molar-refractivity contribution is -0.117. The van der Waals surface area contributed by atoms with Gasteiger partial charge in [-0.25, -0.2) is 4.39 Å². The molecular weight excluding hydrogens is 380 g/mol. The van der Waals surface area contributed by atoms with E-state index in [2.05, 4.69) is 10.1 Å². The van der Waals surface area contributed by atoms with Gasteiger partial charge in [0.15, 0.2) is 0 Å². The fourth-order valence-corrected chi connectivity index (χ4v) is 3.30. The highest BCUT2D eigenvalue weighted by Crippen LogP contribution is 2.34. The lowest BCUT2D eigenvalue weighted by Gasteiger charge is -2.16. The van der Waals surface area contributed by atoms with Crippen molar-refractivity contribution >= 4 is 34.8 Å². The van der Waals surface area contributed by atoms with Crippen LogP contribution in [0.3, 0.4) is 0 Å². The summed E-state index contributed by atoms with van der Waals surface area (Å²) in [5, 5.41) is 4.80. The maximum absolute atomic E-state index is 14.1. The third kappa shape index (κ3) is 3.18. The summed E-state index contributed by atoms with van der Waals surface area (Å²) in [4.78, 5) is 18.1. The molecule has 0 aliphatic carbocycles. The Labute approximate surface area is 158 Å². The van der Waals surface area contributed by atoms with Crippen LogP contribution in [0.5, 0.6) is 0 Å². The Balaban J connectivity index is 1.58. The number of hydrogen-bond donors (Lipinski definition) is 0. The van der Waals surface area contributed by atoms with E-state index in [1.165, 1.54) is 17.0 Å². The van der Waals surface area contributed by atoms with E-state index in [0.717, 1.165) is 5.56 Å². The molecule has 5 nitrogen and oxygen atoms in total. The topological polar surface area (TPSA) is 59.2 Å². The van der Waals surface area contributed by atoms with E-state index in [1.54, 1.807) is 24.3 Å². The molecule has 1 unspecified atom stereocenters. The molecule has 26 heavy (non-hydrogen) atoms. The maximum Gasteiger partial charge on any atom is 0.232 e. The van der Waals surface area contributed by atoms with E-state index >= 15 is 0 Å². The van der Waals surface area contributed by atoms with Crippen LogP contribution >= 0.6 is 23.2 Å². The second kappa shape index (κ2) is 6.70. The van der Waals surface area contributed by atoms with Gasteiger partial charge in [0.2, 0.25) is 17.6 Å². The van der Waals surface area contributed by atoms with Gasteiger partial charge >= 0.3 is 0 Å². The Morgan fingerprint density at radius 3 is 2.73 bits per heavy atom. The monoisotopic (exact) mass is 391 g/mol. The van der Waals surface area contributed by atoms with Crippen molar-refractivity contribution in [3.63, 3.8) is 0 Å². The highest BCUT2D eigenvalue weighted by molar-refractivity contribution is 6.31. The molecule has 1 saturated heterocycles. The first kappa shape index (κ1) is 17.0. The van der Waals surface area contributed by atoms with E-state index in [9.17, 15) is 9.18 Å². The Hall–Kier alpha value is -2.44. The first-order valence-electron chi connectivity index (χ1n) is 7.86. The number of benzene rings is 2. The lowest BCUT2D eigenvalue weighted by Crippen LogP contribution is -2.25. The molecule has 0 radical (unpaired) electrons. The largest absolute Gasteiger partial charge is 0.339 e. The summed E-state index contributed by atoms with van der Waals surface area (Å²) >= 11 is 11.7. The molecule has 132 valence electrons. The van der Waals surface area contributed by atoms with Gasteiger partial charge in [-0.2, -0.15) is 4.98 Å². The van der Waals surface area contributed by atoms with Gasteiger partial charge < -0.3 is 9.42 Å². The molecule has 1 aliphatic heterocycles. The molecule has 2 aromatic carbocycles. The van der Waals surface area contributed by atoms with Crippen LogP contribution in [0.25, 0.3) is 11.4 Å². The molecular formula is C18H12Cl2FN3O2. The van der Waals surface area contributed by atoms with Crippen LogP contribution in [0.15, 0.2) is 47.0 Å². The fourth-order valence-electron chi connectivity index (χ4n) is 2.95. The molecule has 0 N–H and O–H groups in total. The van der Waals surface area contributed by atoms with Gasteiger partial charge in [0.25, 0.3) is 0 Å². The van der Waals surface area contributed by atoms with Crippen molar-refractivity contribution < 1.29 is 13.7 Å². The molecule has 1 atom stereocenters. The molecule has 2 heterocycles. The molecule has 1 aromatic heterocycles. The molecule has 3 aromatic rings. The van der Waals surface area contributed by atoms with E-state index in [1.807, 2.05) is 6.07 Å². The first-order valence-corrected chi connectivity index (χ1v) is 8.62. The van der Waals surface area contributed by atoms with Gasteiger partial charge in [-0.15, -0.1) is 0 Å². The molecule has 1 fully saturated rings. The van der Waals surface area contributed by atoms with Crippen molar-refractivity contribution in [2.75, 3.05) is 11.4 Å². The predicted octanol–water partition coefficient (Wildman–Crippen LogP) is 4.70. The SMILES string of the molecule is O=C1CC(c2nc(-c3cccc(Cl)c3)no2)CN1c1ccc(Cl)cc1F. The normalized spacial score (nSPS) is 17.1. The number of rotatable bonds is 3. The van der Waals surface area contributed by atoms with Crippen LogP contribution in [-0.2, 0) is 4.79 Å². The second-order valence-corrected chi connectivity index (χ2v) is 6.84. The highest BCUT2D eigenvalue weighted by atomic mass is 35.5. The molecule has 8 heteroatoms. The molecule has 1 aliphatic rings. The average Bonchev–Trinajstić information content (AvgIpc) is 3.22. The minimum absolute atomic E-state index is 0.166. The average molecular weight is 392 g/mol. The molecule has 0 bridgehead atoms. The third-order valence-electron chi connectivity index (χ3n) is 4.20. The summed E-state index contributed by atoms with van der Waals surface area (Å²) in [7, 11) is 0. The number of hydrogen-bond acceptors (Lipinski definition) is 4. The summed E-state index contributed by atoms with van der Waals surface area (Å²) in [6.45, 7) is 0.258. The zero-order valence-corrected chi connectivity index (χ0v) is 14.8. The number of carbonyl (C=O) groups excluding carboxylic acids is 1. The van der Waals surface area contributed by atoms with Crippen molar-refractivity contribution in [3.8, 4) is 11.4 Å². The lowest BCUT2D eigenvalue weighted by atomic mass is 10.1. The van der Waals surface area contributed by atoms with Crippen LogP contribution in [0.1, 0.15) is 18.2 Å². The van der Waals surface area contributed by atoms with Gasteiger partial charge in [-0.3, -0.25) is 4.79 Å². The summed E-state index contributed by atoms with van der Waals surface area (Å²) in [6.07, 6.45) is 0.166. The van der Waals surface area contributed by atoms with Crippen LogP contribution in [0.4, 0.5) is 10.1 Å². The number of aromatic nitrogens is 2. The second-order valence-electron chi connectivity index (χ2n) is 5.97. The quantitative estimate of drug-likeness (QED) is 0.648. The van der Waals surface area contributed by atoms with E-state index in [-0.39, 0.29) is 35.5 Å². The Morgan fingerprint density at radius 2 is 1.96 bits per heavy atom. The predicted molar refractivity (Wildman–Crippen MR) is 95.9 cm³/mol. The van der Waals surface area contributed by atoms with Crippen molar-refractivity contribution in [1.82, 2.24) is 10.1 Å². The molecule has 4 rings (SSSR count). The third-order valence-corrected chi connectivity index (χ3v) is 4.67. The van der Waals surface area contributed by atoms with Crippen LogP contribution < -0.4 is 4.90 Å². The van der Waals surface area contributed by atoms with E-state index in [0.29, 0.717) is 16.7 Å². The summed E-state index contributed by atoms with van der Waals surface area (Å²) in [5.41, 5.74) is 0.911. The van der Waals surface area contributed by atoms with Gasteiger partial charge in [0.1, 0.15) is 5.82 Å². The maximum atomic E-state index is 14.1. The minimum Gasteiger partial charge on any atom is -0.339 e. The molecule has 1 amide bonds. The Morgan fingerprint density at radius 1 is 1.15 bits per heavy atom. The van der Waals surface area contributed by atoms with E-state index in [4.69, 9.17) is 27.7 Å². The van der Waals surface area contributed by atoms with Crippen LogP contribution in [-0.4, -0.2) is 22.6 Å². The molecule has 0 saturated carbocycles. The zero-order chi connectivity index (χ0) is 18.3. The number of anilines is 1. The molecule has 0 spiro atoms. The van der Waals surface area contributed by atoms with E-state index < -0.39 is 5.82 Å². The minimum atomic E-state index is -0.545. The van der Waals surface area contributed by atoms with Crippen LogP contribution in [0, 0.1) is 5.82 Å². The van der Waals surface area contributed by atoms with Crippen molar-refractivity contribution in [2.45, 2.75) is 12.3 Å². The number of halogens is 3. The zero-order valence-electron chi connectivity index (χ0n) is 13.3. The summed E-state index contributed by atoms with van der Waals surface area (Å²) in [5.74, 6) is -0.329. The Bertz CT molecular complexity index is 992. The summed E-state index contributed by atoms with van der Waals surface area (Å²) < 4.78 is 19.5. The first-order chi connectivity index (χ1) is 12.5. The number of amides is 1. The van der Waals surface area contributed by atoms with Crippen molar-refractivity contribution in [1.29, 1.82) is 0 Å². The van der Waals surface area contributed by atoms with Crippen molar-refractivity contribution in [3.05, 3.63) is 64.2 Å². The standard InChI is InChI=1S/C18H12Cl2FN3O2/c19-12-3-1-2-10(6-12)17-22-18(26-23-17)11-7-16(25)24(9-11)15-5-4-13(20)8-14(15)21/h1-6,8,11H,7,9H2.